The molecule has 112 valence electrons. The molecule has 1 aromatic carbocycles. The molecule has 1 atom stereocenters. The molecule has 0 amide bonds. The fourth-order valence-electron chi connectivity index (χ4n) is 1.99. The summed E-state index contributed by atoms with van der Waals surface area (Å²) in [6, 6.07) is 6.79. The van der Waals surface area contributed by atoms with Crippen LogP contribution >= 0.6 is 0 Å². The fraction of sp³-hybridized carbons (Fsp3) is 0.357. The Hall–Kier alpha value is -2.02. The van der Waals surface area contributed by atoms with E-state index in [2.05, 4.69) is 4.98 Å². The molecule has 21 heavy (non-hydrogen) atoms. The summed E-state index contributed by atoms with van der Waals surface area (Å²) in [6.07, 6.45) is -3.41. The first-order valence-electron chi connectivity index (χ1n) is 6.39. The number of rotatable bonds is 4. The molecule has 0 saturated carbocycles. The van der Waals surface area contributed by atoms with Crippen LogP contribution in [-0.4, -0.2) is 28.9 Å². The van der Waals surface area contributed by atoms with Gasteiger partial charge in [0.15, 0.2) is 0 Å². The standard InChI is InChI=1S/C14H13F3N2O2/c1-19-12(14(15,16)17)6-18-13(19)9-2-4-10(5-3-9)20-7-11-8-21-11/h2-6,11H,7-8H2,1H3. The number of ether oxygens (including phenoxy) is 2. The van der Waals surface area contributed by atoms with Crippen molar-refractivity contribution in [2.45, 2.75) is 12.3 Å². The first kappa shape index (κ1) is 13.9. The second-order valence-corrected chi connectivity index (χ2v) is 4.81. The molecule has 1 aliphatic rings. The molecule has 1 aliphatic heterocycles. The third-order valence-corrected chi connectivity index (χ3v) is 3.23. The lowest BCUT2D eigenvalue weighted by Crippen LogP contribution is -2.11. The molecule has 1 fully saturated rings. The smallest absolute Gasteiger partial charge is 0.433 e. The summed E-state index contributed by atoms with van der Waals surface area (Å²) < 4.78 is 49.7. The molecule has 1 unspecified atom stereocenters. The molecule has 2 aromatic rings. The lowest BCUT2D eigenvalue weighted by molar-refractivity contribution is -0.143. The third-order valence-electron chi connectivity index (χ3n) is 3.23. The van der Waals surface area contributed by atoms with Crippen molar-refractivity contribution in [3.63, 3.8) is 0 Å². The largest absolute Gasteiger partial charge is 0.491 e. The van der Waals surface area contributed by atoms with Crippen LogP contribution in [0.15, 0.2) is 30.5 Å². The van der Waals surface area contributed by atoms with E-state index in [0.717, 1.165) is 10.8 Å². The second-order valence-electron chi connectivity index (χ2n) is 4.81. The van der Waals surface area contributed by atoms with Gasteiger partial charge >= 0.3 is 6.18 Å². The van der Waals surface area contributed by atoms with E-state index in [1.54, 1.807) is 24.3 Å². The first-order valence-corrected chi connectivity index (χ1v) is 6.39. The van der Waals surface area contributed by atoms with Crippen LogP contribution in [0.5, 0.6) is 5.75 Å². The summed E-state index contributed by atoms with van der Waals surface area (Å²) in [6.45, 7) is 1.20. The maximum absolute atomic E-state index is 12.7. The normalized spacial score (nSPS) is 17.8. The van der Waals surface area contributed by atoms with E-state index in [1.165, 1.54) is 7.05 Å². The second kappa shape index (κ2) is 5.07. The van der Waals surface area contributed by atoms with Crippen LogP contribution in [0.1, 0.15) is 5.69 Å². The molecule has 0 spiro atoms. The summed E-state index contributed by atoms with van der Waals surface area (Å²) >= 11 is 0. The first-order chi connectivity index (χ1) is 9.95. The molecule has 4 nitrogen and oxygen atoms in total. The van der Waals surface area contributed by atoms with Gasteiger partial charge in [0, 0.05) is 12.6 Å². The van der Waals surface area contributed by atoms with Crippen molar-refractivity contribution >= 4 is 0 Å². The molecular formula is C14H13F3N2O2. The molecule has 0 aliphatic carbocycles. The maximum atomic E-state index is 12.7. The number of hydrogen-bond donors (Lipinski definition) is 0. The molecule has 7 heteroatoms. The monoisotopic (exact) mass is 298 g/mol. The van der Waals surface area contributed by atoms with Gasteiger partial charge in [0.25, 0.3) is 0 Å². The lowest BCUT2D eigenvalue weighted by atomic mass is 10.2. The van der Waals surface area contributed by atoms with Crippen molar-refractivity contribution < 1.29 is 22.6 Å². The van der Waals surface area contributed by atoms with Gasteiger partial charge in [-0.15, -0.1) is 0 Å². The molecule has 1 saturated heterocycles. The van der Waals surface area contributed by atoms with Crippen LogP contribution in [0.3, 0.4) is 0 Å². The number of epoxide rings is 1. The minimum Gasteiger partial charge on any atom is -0.491 e. The summed E-state index contributed by atoms with van der Waals surface area (Å²) in [7, 11) is 1.35. The summed E-state index contributed by atoms with van der Waals surface area (Å²) in [5, 5.41) is 0. The van der Waals surface area contributed by atoms with Crippen molar-refractivity contribution in [1.82, 2.24) is 9.55 Å². The molecular weight excluding hydrogens is 285 g/mol. The van der Waals surface area contributed by atoms with Gasteiger partial charge < -0.3 is 14.0 Å². The molecule has 0 bridgehead atoms. The molecule has 2 heterocycles. The summed E-state index contributed by atoms with van der Waals surface area (Å²) in [5.74, 6) is 0.916. The van der Waals surface area contributed by atoms with Crippen molar-refractivity contribution in [3.05, 3.63) is 36.2 Å². The van der Waals surface area contributed by atoms with Crippen LogP contribution in [0.25, 0.3) is 11.4 Å². The molecule has 0 radical (unpaired) electrons. The van der Waals surface area contributed by atoms with E-state index in [9.17, 15) is 13.2 Å². The number of alkyl halides is 3. The lowest BCUT2D eigenvalue weighted by Gasteiger charge is -2.09. The van der Waals surface area contributed by atoms with Crippen molar-refractivity contribution in [1.29, 1.82) is 0 Å². The predicted octanol–water partition coefficient (Wildman–Crippen LogP) is 2.88. The average Bonchev–Trinajstić information content (AvgIpc) is 3.17. The van der Waals surface area contributed by atoms with E-state index in [1.807, 2.05) is 0 Å². The maximum Gasteiger partial charge on any atom is 0.433 e. The Morgan fingerprint density at radius 3 is 2.52 bits per heavy atom. The number of benzene rings is 1. The van der Waals surface area contributed by atoms with Crippen molar-refractivity contribution in [2.24, 2.45) is 7.05 Å². The van der Waals surface area contributed by atoms with Crippen LogP contribution < -0.4 is 4.74 Å². The highest BCUT2D eigenvalue weighted by molar-refractivity contribution is 5.57. The number of hydrogen-bond acceptors (Lipinski definition) is 3. The zero-order valence-corrected chi connectivity index (χ0v) is 11.2. The van der Waals surface area contributed by atoms with Gasteiger partial charge in [-0.05, 0) is 24.3 Å². The Kier molecular flexibility index (Phi) is 3.36. The van der Waals surface area contributed by atoms with Gasteiger partial charge in [0.05, 0.1) is 12.8 Å². The summed E-state index contributed by atoms with van der Waals surface area (Å²) in [5.41, 5.74) is -0.174. The average molecular weight is 298 g/mol. The zero-order chi connectivity index (χ0) is 15.0. The van der Waals surface area contributed by atoms with Crippen molar-refractivity contribution in [2.75, 3.05) is 13.2 Å². The Morgan fingerprint density at radius 2 is 2.00 bits per heavy atom. The summed E-state index contributed by atoms with van der Waals surface area (Å²) in [4.78, 5) is 3.85. The zero-order valence-electron chi connectivity index (χ0n) is 11.2. The minimum atomic E-state index is -4.41. The Morgan fingerprint density at radius 1 is 1.33 bits per heavy atom. The molecule has 3 rings (SSSR count). The van der Waals surface area contributed by atoms with Gasteiger partial charge in [0.1, 0.15) is 30.0 Å². The highest BCUT2D eigenvalue weighted by Gasteiger charge is 2.35. The van der Waals surface area contributed by atoms with Crippen LogP contribution in [0.2, 0.25) is 0 Å². The number of imidazole rings is 1. The molecule has 0 N–H and O–H groups in total. The SMILES string of the molecule is Cn1c(C(F)(F)F)cnc1-c1ccc(OCC2CO2)cc1. The van der Waals surface area contributed by atoms with Crippen LogP contribution in [0, 0.1) is 0 Å². The highest BCUT2D eigenvalue weighted by Crippen LogP contribution is 2.32. The number of nitrogens with zero attached hydrogens (tertiary/aromatic N) is 2. The van der Waals surface area contributed by atoms with Crippen LogP contribution in [-0.2, 0) is 18.0 Å². The highest BCUT2D eigenvalue weighted by atomic mass is 19.4. The Labute approximate surface area is 119 Å². The van der Waals surface area contributed by atoms with E-state index in [4.69, 9.17) is 9.47 Å². The van der Waals surface area contributed by atoms with E-state index in [-0.39, 0.29) is 11.9 Å². The van der Waals surface area contributed by atoms with Gasteiger partial charge in [0.2, 0.25) is 0 Å². The fourth-order valence-corrected chi connectivity index (χ4v) is 1.99. The number of halogens is 3. The quantitative estimate of drug-likeness (QED) is 0.815. The van der Waals surface area contributed by atoms with Gasteiger partial charge in [-0.1, -0.05) is 0 Å². The van der Waals surface area contributed by atoms with Gasteiger partial charge in [-0.25, -0.2) is 4.98 Å². The predicted molar refractivity (Wildman–Crippen MR) is 68.9 cm³/mol. The Bertz CT molecular complexity index is 631. The van der Waals surface area contributed by atoms with E-state index < -0.39 is 11.9 Å². The van der Waals surface area contributed by atoms with Gasteiger partial charge in [-0.3, -0.25) is 0 Å². The number of aromatic nitrogens is 2. The topological polar surface area (TPSA) is 39.6 Å². The molecule has 1 aromatic heterocycles. The van der Waals surface area contributed by atoms with Crippen molar-refractivity contribution in [3.8, 4) is 17.1 Å². The van der Waals surface area contributed by atoms with E-state index in [0.29, 0.717) is 24.5 Å². The van der Waals surface area contributed by atoms with Crippen LogP contribution in [0.4, 0.5) is 13.2 Å². The minimum absolute atomic E-state index is 0.161. The van der Waals surface area contributed by atoms with Gasteiger partial charge in [-0.2, -0.15) is 13.2 Å². The Balaban J connectivity index is 1.78. The third kappa shape index (κ3) is 3.02. The van der Waals surface area contributed by atoms with E-state index >= 15 is 0 Å².